The number of phenolic OH excluding ortho intramolecular Hbond substituents is 1. The van der Waals surface area contributed by atoms with Gasteiger partial charge in [0.25, 0.3) is 5.91 Å². The molecule has 0 radical (unpaired) electrons. The highest BCUT2D eigenvalue weighted by molar-refractivity contribution is 6.32. The smallest absolute Gasteiger partial charge is 0.253 e. The third-order valence-electron chi connectivity index (χ3n) is 1.60. The topological polar surface area (TPSA) is 40.5 Å². The predicted molar refractivity (Wildman–Crippen MR) is 51.1 cm³/mol. The van der Waals surface area contributed by atoms with E-state index < -0.39 is 0 Å². The molecule has 0 bridgehead atoms. The molecular weight excluding hydrogens is 190 g/mol. The second-order valence-corrected chi connectivity index (χ2v) is 3.27. The lowest BCUT2D eigenvalue weighted by molar-refractivity contribution is 0.0827. The van der Waals surface area contributed by atoms with E-state index in [1.807, 2.05) is 0 Å². The minimum absolute atomic E-state index is 0.0167. The number of carbonyl (C=O) groups is 1. The van der Waals surface area contributed by atoms with Crippen molar-refractivity contribution in [1.82, 2.24) is 4.90 Å². The third-order valence-corrected chi connectivity index (χ3v) is 1.90. The highest BCUT2D eigenvalue weighted by Crippen LogP contribution is 2.23. The summed E-state index contributed by atoms with van der Waals surface area (Å²) in [5.74, 6) is -0.154. The molecule has 0 aromatic heterocycles. The van der Waals surface area contributed by atoms with Gasteiger partial charge in [-0.05, 0) is 18.2 Å². The molecule has 1 rings (SSSR count). The van der Waals surface area contributed by atoms with Crippen molar-refractivity contribution in [3.63, 3.8) is 0 Å². The Bertz CT molecular complexity index is 336. The van der Waals surface area contributed by atoms with Gasteiger partial charge in [-0.25, -0.2) is 0 Å². The summed E-state index contributed by atoms with van der Waals surface area (Å²) in [4.78, 5) is 12.8. The Balaban J connectivity index is 3.04. The molecule has 1 amide bonds. The first-order chi connectivity index (χ1) is 6.02. The standard InChI is InChI=1S/C9H10ClNO2/c1-11(2)9(13)6-3-4-8(12)7(10)5-6/h3-5,12H,1-2H3. The van der Waals surface area contributed by atoms with Crippen LogP contribution in [0, 0.1) is 0 Å². The van der Waals surface area contributed by atoms with E-state index in [0.29, 0.717) is 5.56 Å². The Hall–Kier alpha value is -1.22. The molecule has 1 N–H and O–H groups in total. The zero-order valence-electron chi connectivity index (χ0n) is 7.41. The maximum atomic E-state index is 11.4. The van der Waals surface area contributed by atoms with Crippen LogP contribution in [-0.2, 0) is 0 Å². The zero-order chi connectivity index (χ0) is 10.0. The van der Waals surface area contributed by atoms with E-state index in [1.54, 1.807) is 14.1 Å². The second-order valence-electron chi connectivity index (χ2n) is 2.87. The maximum absolute atomic E-state index is 11.4. The van der Waals surface area contributed by atoms with Gasteiger partial charge in [0.15, 0.2) is 0 Å². The van der Waals surface area contributed by atoms with Crippen molar-refractivity contribution in [1.29, 1.82) is 0 Å². The van der Waals surface area contributed by atoms with Gasteiger partial charge in [0, 0.05) is 19.7 Å². The molecule has 0 saturated carbocycles. The van der Waals surface area contributed by atoms with Crippen molar-refractivity contribution in [2.24, 2.45) is 0 Å². The average Bonchev–Trinajstić information content (AvgIpc) is 2.08. The lowest BCUT2D eigenvalue weighted by Crippen LogP contribution is -2.21. The molecule has 0 aliphatic rings. The summed E-state index contributed by atoms with van der Waals surface area (Å²) in [7, 11) is 3.31. The number of amides is 1. The third kappa shape index (κ3) is 2.12. The number of hydrogen-bond acceptors (Lipinski definition) is 2. The summed E-state index contributed by atoms with van der Waals surface area (Å²) in [6.07, 6.45) is 0. The van der Waals surface area contributed by atoms with Crippen LogP contribution in [0.1, 0.15) is 10.4 Å². The number of nitrogens with zero attached hydrogens (tertiary/aromatic N) is 1. The number of phenols is 1. The number of halogens is 1. The van der Waals surface area contributed by atoms with E-state index in [2.05, 4.69) is 0 Å². The van der Waals surface area contributed by atoms with Gasteiger partial charge < -0.3 is 10.0 Å². The van der Waals surface area contributed by atoms with Crippen molar-refractivity contribution >= 4 is 17.5 Å². The Kier molecular flexibility index (Phi) is 2.78. The van der Waals surface area contributed by atoms with Gasteiger partial charge >= 0.3 is 0 Å². The van der Waals surface area contributed by atoms with Crippen LogP contribution in [0.25, 0.3) is 0 Å². The first-order valence-electron chi connectivity index (χ1n) is 3.72. The van der Waals surface area contributed by atoms with Crippen LogP contribution in [0.4, 0.5) is 0 Å². The molecule has 0 aliphatic heterocycles. The van der Waals surface area contributed by atoms with Crippen LogP contribution in [0.3, 0.4) is 0 Å². The predicted octanol–water partition coefficient (Wildman–Crippen LogP) is 1.75. The lowest BCUT2D eigenvalue weighted by Gasteiger charge is -2.10. The van der Waals surface area contributed by atoms with Gasteiger partial charge in [-0.2, -0.15) is 0 Å². The summed E-state index contributed by atoms with van der Waals surface area (Å²) in [6, 6.07) is 4.38. The number of aromatic hydroxyl groups is 1. The van der Waals surface area contributed by atoms with Crippen LogP contribution >= 0.6 is 11.6 Å². The first-order valence-corrected chi connectivity index (χ1v) is 4.10. The molecule has 0 unspecified atom stereocenters. The average molecular weight is 200 g/mol. The van der Waals surface area contributed by atoms with Crippen LogP contribution in [-0.4, -0.2) is 30.0 Å². The highest BCUT2D eigenvalue weighted by Gasteiger charge is 2.09. The molecule has 0 atom stereocenters. The quantitative estimate of drug-likeness (QED) is 0.749. The molecule has 70 valence electrons. The van der Waals surface area contributed by atoms with Crippen molar-refractivity contribution in [3.05, 3.63) is 28.8 Å². The SMILES string of the molecule is CN(C)C(=O)c1ccc(O)c(Cl)c1. The second kappa shape index (κ2) is 3.66. The summed E-state index contributed by atoms with van der Waals surface area (Å²) in [5.41, 5.74) is 0.466. The van der Waals surface area contributed by atoms with Gasteiger partial charge in [-0.1, -0.05) is 11.6 Å². The van der Waals surface area contributed by atoms with Gasteiger partial charge in [-0.15, -0.1) is 0 Å². The van der Waals surface area contributed by atoms with Gasteiger partial charge in [0.05, 0.1) is 5.02 Å². The van der Waals surface area contributed by atoms with E-state index in [0.717, 1.165) is 0 Å². The van der Waals surface area contributed by atoms with Crippen molar-refractivity contribution in [2.75, 3.05) is 14.1 Å². The fourth-order valence-electron chi connectivity index (χ4n) is 0.898. The van der Waals surface area contributed by atoms with E-state index in [9.17, 15) is 4.79 Å². The van der Waals surface area contributed by atoms with E-state index in [4.69, 9.17) is 16.7 Å². The fourth-order valence-corrected chi connectivity index (χ4v) is 1.08. The Morgan fingerprint density at radius 1 is 1.46 bits per heavy atom. The van der Waals surface area contributed by atoms with Crippen molar-refractivity contribution in [2.45, 2.75) is 0 Å². The van der Waals surface area contributed by atoms with Crippen LogP contribution in [0.15, 0.2) is 18.2 Å². The molecule has 4 heteroatoms. The highest BCUT2D eigenvalue weighted by atomic mass is 35.5. The van der Waals surface area contributed by atoms with Crippen molar-refractivity contribution < 1.29 is 9.90 Å². The molecule has 0 fully saturated rings. The summed E-state index contributed by atoms with van der Waals surface area (Å²) in [5, 5.41) is 9.29. The zero-order valence-corrected chi connectivity index (χ0v) is 8.17. The molecule has 3 nitrogen and oxygen atoms in total. The largest absolute Gasteiger partial charge is 0.506 e. The van der Waals surface area contributed by atoms with Gasteiger partial charge in [0.1, 0.15) is 5.75 Å². The first kappa shape index (κ1) is 9.86. The normalized spacial score (nSPS) is 9.77. The molecule has 13 heavy (non-hydrogen) atoms. The van der Waals surface area contributed by atoms with Gasteiger partial charge in [0.2, 0.25) is 0 Å². The fraction of sp³-hybridized carbons (Fsp3) is 0.222. The molecule has 0 saturated heterocycles. The summed E-state index contributed by atoms with van der Waals surface area (Å²) < 4.78 is 0. The molecule has 1 aromatic carbocycles. The van der Waals surface area contributed by atoms with Gasteiger partial charge in [-0.3, -0.25) is 4.79 Å². The maximum Gasteiger partial charge on any atom is 0.253 e. The van der Waals surface area contributed by atoms with Crippen molar-refractivity contribution in [3.8, 4) is 5.75 Å². The Morgan fingerprint density at radius 3 is 2.54 bits per heavy atom. The molecular formula is C9H10ClNO2. The Morgan fingerprint density at radius 2 is 2.08 bits per heavy atom. The number of benzene rings is 1. The van der Waals surface area contributed by atoms with Crippen LogP contribution in [0.5, 0.6) is 5.75 Å². The summed E-state index contributed by atoms with van der Waals surface area (Å²) in [6.45, 7) is 0. The minimum atomic E-state index is -0.137. The molecule has 0 aliphatic carbocycles. The lowest BCUT2D eigenvalue weighted by atomic mass is 10.2. The van der Waals surface area contributed by atoms with E-state index in [-0.39, 0.29) is 16.7 Å². The molecule has 0 spiro atoms. The summed E-state index contributed by atoms with van der Waals surface area (Å²) >= 11 is 5.64. The minimum Gasteiger partial charge on any atom is -0.506 e. The van der Waals surface area contributed by atoms with E-state index in [1.165, 1.54) is 23.1 Å². The van der Waals surface area contributed by atoms with E-state index >= 15 is 0 Å². The van der Waals surface area contributed by atoms with Crippen LogP contribution in [0.2, 0.25) is 5.02 Å². The molecule has 1 aromatic rings. The number of carbonyl (C=O) groups excluding carboxylic acids is 1. The number of hydrogen-bond donors (Lipinski definition) is 1. The van der Waals surface area contributed by atoms with Crippen LogP contribution < -0.4 is 0 Å². The number of rotatable bonds is 1. The monoisotopic (exact) mass is 199 g/mol. The Labute approximate surface area is 81.5 Å². The molecule has 0 heterocycles.